The third-order valence-corrected chi connectivity index (χ3v) is 6.56. The van der Waals surface area contributed by atoms with Crippen molar-refractivity contribution in [3.63, 3.8) is 0 Å². The summed E-state index contributed by atoms with van der Waals surface area (Å²) < 4.78 is 5.46. The zero-order valence-corrected chi connectivity index (χ0v) is 12.8. The van der Waals surface area contributed by atoms with Crippen LogP contribution in [0.4, 0.5) is 0 Å². The molecule has 0 amide bonds. The summed E-state index contributed by atoms with van der Waals surface area (Å²) in [7, 11) is 1.81. The molecule has 4 rings (SSSR count). The number of allylic oxidation sites excluding steroid dienone is 6. The first-order chi connectivity index (χ1) is 9.71. The van der Waals surface area contributed by atoms with Crippen LogP contribution in [0.5, 0.6) is 0 Å². The molecule has 0 spiro atoms. The van der Waals surface area contributed by atoms with E-state index < -0.39 is 0 Å². The Bertz CT molecular complexity index is 510. The van der Waals surface area contributed by atoms with Gasteiger partial charge in [-0.05, 0) is 61.0 Å². The molecule has 0 heterocycles. The summed E-state index contributed by atoms with van der Waals surface area (Å²) >= 11 is 0. The Morgan fingerprint density at radius 3 is 3.00 bits per heavy atom. The molecule has 1 fully saturated rings. The van der Waals surface area contributed by atoms with Crippen LogP contribution in [0.2, 0.25) is 0 Å². The second-order valence-electron chi connectivity index (χ2n) is 7.51. The maximum atomic E-state index is 5.46. The zero-order chi connectivity index (χ0) is 13.7. The van der Waals surface area contributed by atoms with Gasteiger partial charge in [-0.25, -0.2) is 0 Å². The summed E-state index contributed by atoms with van der Waals surface area (Å²) in [5.74, 6) is 3.68. The van der Waals surface area contributed by atoms with Crippen LogP contribution in [-0.2, 0) is 4.74 Å². The van der Waals surface area contributed by atoms with Gasteiger partial charge in [-0.15, -0.1) is 0 Å². The van der Waals surface area contributed by atoms with E-state index in [1.807, 2.05) is 7.11 Å². The predicted octanol–water partition coefficient (Wildman–Crippen LogP) is 5.01. The van der Waals surface area contributed by atoms with E-state index in [4.69, 9.17) is 4.74 Å². The fourth-order valence-corrected chi connectivity index (χ4v) is 5.43. The van der Waals surface area contributed by atoms with E-state index in [0.717, 1.165) is 18.3 Å². The van der Waals surface area contributed by atoms with Crippen LogP contribution in [0.25, 0.3) is 0 Å². The van der Waals surface area contributed by atoms with Crippen molar-refractivity contribution in [3.05, 3.63) is 35.1 Å². The van der Waals surface area contributed by atoms with Gasteiger partial charge in [0.25, 0.3) is 0 Å². The molecule has 4 aliphatic carbocycles. The highest BCUT2D eigenvalue weighted by Crippen LogP contribution is 2.58. The molecule has 0 N–H and O–H groups in total. The fourth-order valence-electron chi connectivity index (χ4n) is 5.43. The highest BCUT2D eigenvalue weighted by molar-refractivity contribution is 5.40. The van der Waals surface area contributed by atoms with Crippen molar-refractivity contribution < 1.29 is 4.74 Å². The monoisotopic (exact) mass is 270 g/mol. The minimum Gasteiger partial charge on any atom is -0.501 e. The number of hydrogen-bond acceptors (Lipinski definition) is 1. The van der Waals surface area contributed by atoms with Crippen molar-refractivity contribution >= 4 is 0 Å². The third-order valence-electron chi connectivity index (χ3n) is 6.56. The second-order valence-corrected chi connectivity index (χ2v) is 7.51. The molecule has 1 nitrogen and oxygen atoms in total. The van der Waals surface area contributed by atoms with Crippen LogP contribution in [-0.4, -0.2) is 7.11 Å². The largest absolute Gasteiger partial charge is 0.501 e. The molecule has 108 valence electrons. The van der Waals surface area contributed by atoms with Crippen molar-refractivity contribution in [1.29, 1.82) is 0 Å². The van der Waals surface area contributed by atoms with Gasteiger partial charge in [-0.3, -0.25) is 0 Å². The molecule has 4 atom stereocenters. The summed E-state index contributed by atoms with van der Waals surface area (Å²) in [5, 5.41) is 0. The summed E-state index contributed by atoms with van der Waals surface area (Å²) in [6.45, 7) is 2.54. The van der Waals surface area contributed by atoms with Crippen molar-refractivity contribution in [3.8, 4) is 0 Å². The average molecular weight is 270 g/mol. The summed E-state index contributed by atoms with van der Waals surface area (Å²) in [6.07, 6.45) is 16.8. The van der Waals surface area contributed by atoms with Gasteiger partial charge in [0.05, 0.1) is 12.9 Å². The fraction of sp³-hybridized carbons (Fsp3) is 0.684. The lowest BCUT2D eigenvalue weighted by molar-refractivity contribution is 0.149. The molecule has 0 aromatic carbocycles. The first kappa shape index (κ1) is 12.7. The quantitative estimate of drug-likeness (QED) is 0.609. The first-order valence-electron chi connectivity index (χ1n) is 8.36. The number of rotatable bonds is 1. The molecule has 1 saturated carbocycles. The van der Waals surface area contributed by atoms with Crippen LogP contribution >= 0.6 is 0 Å². The van der Waals surface area contributed by atoms with E-state index in [1.54, 1.807) is 5.57 Å². The molecule has 4 unspecified atom stereocenters. The van der Waals surface area contributed by atoms with Gasteiger partial charge < -0.3 is 4.74 Å². The van der Waals surface area contributed by atoms with Gasteiger partial charge in [0.1, 0.15) is 0 Å². The van der Waals surface area contributed by atoms with Crippen molar-refractivity contribution in [2.75, 3.05) is 7.11 Å². The van der Waals surface area contributed by atoms with Crippen LogP contribution in [0, 0.1) is 23.2 Å². The van der Waals surface area contributed by atoms with Crippen LogP contribution in [0.3, 0.4) is 0 Å². The van der Waals surface area contributed by atoms with Crippen molar-refractivity contribution in [1.82, 2.24) is 0 Å². The Morgan fingerprint density at radius 2 is 2.15 bits per heavy atom. The Kier molecular flexibility index (Phi) is 2.87. The molecular weight excluding hydrogens is 244 g/mol. The highest BCUT2D eigenvalue weighted by atomic mass is 16.5. The van der Waals surface area contributed by atoms with Crippen LogP contribution in [0.15, 0.2) is 35.1 Å². The molecule has 0 bridgehead atoms. The molecule has 0 saturated heterocycles. The van der Waals surface area contributed by atoms with E-state index in [-0.39, 0.29) is 0 Å². The summed E-state index contributed by atoms with van der Waals surface area (Å²) in [6, 6.07) is 0. The standard InChI is InChI=1S/C19H26O/c1-19-10-3-4-18(19)17-7-5-13-12-14(20-2)6-8-15(13)16(17)9-11-19/h5,9,12,15,17-18H,3-4,6-8,10-11H2,1-2H3. The topological polar surface area (TPSA) is 9.23 Å². The van der Waals surface area contributed by atoms with E-state index >= 15 is 0 Å². The highest BCUT2D eigenvalue weighted by Gasteiger charge is 2.48. The van der Waals surface area contributed by atoms with Crippen molar-refractivity contribution in [2.24, 2.45) is 23.2 Å². The number of ether oxygens (including phenoxy) is 1. The lowest BCUT2D eigenvalue weighted by atomic mass is 9.58. The minimum atomic E-state index is 0.613. The average Bonchev–Trinajstić information content (AvgIpc) is 2.88. The molecule has 0 aromatic rings. The smallest absolute Gasteiger partial charge is 0.0958 e. The van der Waals surface area contributed by atoms with E-state index in [2.05, 4.69) is 25.2 Å². The third kappa shape index (κ3) is 1.75. The molecule has 0 aliphatic heterocycles. The molecule has 20 heavy (non-hydrogen) atoms. The molecule has 0 radical (unpaired) electrons. The molecule has 1 heteroatoms. The number of methoxy groups -OCH3 is 1. The van der Waals surface area contributed by atoms with Gasteiger partial charge in [0.15, 0.2) is 0 Å². The lowest BCUT2D eigenvalue weighted by Gasteiger charge is -2.46. The van der Waals surface area contributed by atoms with Gasteiger partial charge in [0.2, 0.25) is 0 Å². The molecule has 0 aromatic heterocycles. The molecular formula is C19H26O. The molecule has 4 aliphatic rings. The Hall–Kier alpha value is -0.980. The van der Waals surface area contributed by atoms with Crippen LogP contribution in [0.1, 0.15) is 51.9 Å². The van der Waals surface area contributed by atoms with Crippen LogP contribution < -0.4 is 0 Å². The van der Waals surface area contributed by atoms with Gasteiger partial charge >= 0.3 is 0 Å². The predicted molar refractivity (Wildman–Crippen MR) is 82.2 cm³/mol. The SMILES string of the molecule is COC1=CC2=CCC3C(=CCC4(C)CCCC34)C2CC1. The van der Waals surface area contributed by atoms with Crippen molar-refractivity contribution in [2.45, 2.75) is 51.9 Å². The summed E-state index contributed by atoms with van der Waals surface area (Å²) in [5.41, 5.74) is 3.94. The van der Waals surface area contributed by atoms with Gasteiger partial charge in [0, 0.05) is 12.3 Å². The second kappa shape index (κ2) is 4.51. The Labute approximate surface area is 122 Å². The maximum Gasteiger partial charge on any atom is 0.0958 e. The van der Waals surface area contributed by atoms with E-state index in [1.165, 1.54) is 49.9 Å². The Balaban J connectivity index is 1.68. The number of fused-ring (bicyclic) bond motifs is 5. The zero-order valence-electron chi connectivity index (χ0n) is 12.8. The summed E-state index contributed by atoms with van der Waals surface area (Å²) in [4.78, 5) is 0. The maximum absolute atomic E-state index is 5.46. The van der Waals surface area contributed by atoms with E-state index in [9.17, 15) is 0 Å². The van der Waals surface area contributed by atoms with Gasteiger partial charge in [-0.1, -0.05) is 31.1 Å². The minimum absolute atomic E-state index is 0.613. The van der Waals surface area contributed by atoms with E-state index in [0.29, 0.717) is 11.3 Å². The lowest BCUT2D eigenvalue weighted by Crippen LogP contribution is -2.37. The first-order valence-corrected chi connectivity index (χ1v) is 8.36. The number of hydrogen-bond donors (Lipinski definition) is 0. The Morgan fingerprint density at radius 1 is 1.25 bits per heavy atom. The van der Waals surface area contributed by atoms with Gasteiger partial charge in [-0.2, -0.15) is 0 Å². The normalized spacial score (nSPS) is 42.7.